The predicted octanol–water partition coefficient (Wildman–Crippen LogP) is 3.50. The molecule has 0 spiro atoms. The van der Waals surface area contributed by atoms with E-state index >= 15 is 0 Å². The van der Waals surface area contributed by atoms with Gasteiger partial charge in [0.15, 0.2) is 0 Å². The van der Waals surface area contributed by atoms with Gasteiger partial charge in [0, 0.05) is 28.0 Å². The summed E-state index contributed by atoms with van der Waals surface area (Å²) in [6, 6.07) is 5.52. The molecule has 106 valence electrons. The van der Waals surface area contributed by atoms with Gasteiger partial charge in [-0.25, -0.2) is 4.39 Å². The van der Waals surface area contributed by atoms with Crippen LogP contribution >= 0.6 is 23.5 Å². The molecule has 1 nitrogen and oxygen atoms in total. The van der Waals surface area contributed by atoms with Crippen LogP contribution in [0.5, 0.6) is 0 Å². The van der Waals surface area contributed by atoms with Crippen molar-refractivity contribution in [3.05, 3.63) is 35.1 Å². The number of rotatable bonds is 4. The summed E-state index contributed by atoms with van der Waals surface area (Å²) in [5.74, 6) is 2.34. The summed E-state index contributed by atoms with van der Waals surface area (Å²) in [5.41, 5.74) is 2.31. The fraction of sp³-hybridized carbons (Fsp3) is 0.600. The smallest absolute Gasteiger partial charge is 0.123 e. The Kier molecular flexibility index (Phi) is 5.60. The van der Waals surface area contributed by atoms with Crippen molar-refractivity contribution < 1.29 is 4.39 Å². The highest BCUT2D eigenvalue weighted by Gasteiger charge is 2.29. The fourth-order valence-electron chi connectivity index (χ4n) is 2.57. The van der Waals surface area contributed by atoms with Gasteiger partial charge in [0.05, 0.1) is 0 Å². The van der Waals surface area contributed by atoms with Gasteiger partial charge in [0.1, 0.15) is 5.82 Å². The summed E-state index contributed by atoms with van der Waals surface area (Å²) in [6.07, 6.45) is 0.905. The average molecular weight is 299 g/mol. The Hall–Kier alpha value is -0.190. The quantitative estimate of drug-likeness (QED) is 0.914. The van der Waals surface area contributed by atoms with Crippen LogP contribution in [0.1, 0.15) is 18.1 Å². The molecule has 1 aromatic carbocycles. The summed E-state index contributed by atoms with van der Waals surface area (Å²) in [7, 11) is 2.02. The summed E-state index contributed by atoms with van der Waals surface area (Å²) >= 11 is 4.11. The summed E-state index contributed by atoms with van der Waals surface area (Å²) in [6.45, 7) is 4.37. The van der Waals surface area contributed by atoms with Crippen LogP contribution in [0.4, 0.5) is 4.39 Å². The molecule has 0 saturated carbocycles. The lowest BCUT2D eigenvalue weighted by atomic mass is 9.98. The predicted molar refractivity (Wildman–Crippen MR) is 85.9 cm³/mol. The molecule has 0 aliphatic carbocycles. The maximum Gasteiger partial charge on any atom is 0.123 e. The fourth-order valence-corrected chi connectivity index (χ4v) is 5.57. The van der Waals surface area contributed by atoms with Gasteiger partial charge in [-0.1, -0.05) is 13.0 Å². The third-order valence-corrected chi connectivity index (χ3v) is 7.01. The van der Waals surface area contributed by atoms with E-state index in [1.165, 1.54) is 17.1 Å². The van der Waals surface area contributed by atoms with Crippen molar-refractivity contribution in [2.24, 2.45) is 0 Å². The number of nitrogens with one attached hydrogen (secondary N) is 1. The van der Waals surface area contributed by atoms with Gasteiger partial charge in [-0.2, -0.15) is 23.5 Å². The molecule has 1 aromatic rings. The van der Waals surface area contributed by atoms with E-state index in [1.54, 1.807) is 12.1 Å². The normalized spacial score (nSPS) is 25.3. The lowest BCUT2D eigenvalue weighted by Crippen LogP contribution is -2.44. The zero-order valence-electron chi connectivity index (χ0n) is 11.8. The molecule has 3 atom stereocenters. The number of aryl methyl sites for hydroxylation is 1. The van der Waals surface area contributed by atoms with E-state index < -0.39 is 0 Å². The standard InChI is InChI=1S/C15H22FNS2/c1-10-4-5-13(16)8-12(10)9-14(17-3)15-11(2)18-6-7-19-15/h4-5,8,11,14-15,17H,6-7,9H2,1-3H3. The molecule has 0 radical (unpaired) electrons. The molecule has 1 aliphatic rings. The third kappa shape index (κ3) is 3.89. The van der Waals surface area contributed by atoms with Crippen molar-refractivity contribution in [2.75, 3.05) is 18.6 Å². The van der Waals surface area contributed by atoms with E-state index in [2.05, 4.69) is 42.7 Å². The van der Waals surface area contributed by atoms with Crippen molar-refractivity contribution >= 4 is 23.5 Å². The third-order valence-electron chi connectivity index (χ3n) is 3.76. The van der Waals surface area contributed by atoms with Crippen molar-refractivity contribution in [2.45, 2.75) is 36.8 Å². The van der Waals surface area contributed by atoms with E-state index in [0.29, 0.717) is 16.5 Å². The van der Waals surface area contributed by atoms with Crippen molar-refractivity contribution in [1.29, 1.82) is 0 Å². The first-order valence-corrected chi connectivity index (χ1v) is 8.87. The molecular weight excluding hydrogens is 277 g/mol. The van der Waals surface area contributed by atoms with Gasteiger partial charge in [0.2, 0.25) is 0 Å². The number of hydrogen-bond acceptors (Lipinski definition) is 3. The number of thioether (sulfide) groups is 2. The van der Waals surface area contributed by atoms with Gasteiger partial charge in [-0.05, 0) is 43.7 Å². The van der Waals surface area contributed by atoms with Crippen LogP contribution in [0.15, 0.2) is 18.2 Å². The van der Waals surface area contributed by atoms with Gasteiger partial charge in [-0.15, -0.1) is 0 Å². The van der Waals surface area contributed by atoms with E-state index in [-0.39, 0.29) is 5.82 Å². The number of benzene rings is 1. The summed E-state index contributed by atoms with van der Waals surface area (Å²) < 4.78 is 13.4. The number of hydrogen-bond donors (Lipinski definition) is 1. The highest BCUT2D eigenvalue weighted by atomic mass is 32.2. The molecule has 1 N–H and O–H groups in total. The van der Waals surface area contributed by atoms with Crippen molar-refractivity contribution in [3.63, 3.8) is 0 Å². The SMILES string of the molecule is CNC(Cc1cc(F)ccc1C)C1SCCSC1C. The monoisotopic (exact) mass is 299 g/mol. The Labute approximate surface area is 124 Å². The molecule has 1 heterocycles. The van der Waals surface area contributed by atoms with E-state index in [1.807, 2.05) is 13.1 Å². The van der Waals surface area contributed by atoms with Crippen LogP contribution < -0.4 is 5.32 Å². The lowest BCUT2D eigenvalue weighted by Gasteiger charge is -2.34. The van der Waals surface area contributed by atoms with Crippen molar-refractivity contribution in [3.8, 4) is 0 Å². The Balaban J connectivity index is 2.11. The van der Waals surface area contributed by atoms with Crippen LogP contribution in [0, 0.1) is 12.7 Å². The van der Waals surface area contributed by atoms with Crippen LogP contribution in [0.25, 0.3) is 0 Å². The van der Waals surface area contributed by atoms with Gasteiger partial charge < -0.3 is 5.32 Å². The minimum absolute atomic E-state index is 0.130. The van der Waals surface area contributed by atoms with Crippen LogP contribution in [-0.2, 0) is 6.42 Å². The number of likely N-dealkylation sites (N-methyl/N-ethyl adjacent to an activating group) is 1. The van der Waals surface area contributed by atoms with E-state index in [0.717, 1.165) is 12.0 Å². The second kappa shape index (κ2) is 7.00. The first kappa shape index (κ1) is 15.2. The molecule has 4 heteroatoms. The average Bonchev–Trinajstić information content (AvgIpc) is 2.41. The highest BCUT2D eigenvalue weighted by molar-refractivity contribution is 8.07. The number of halogens is 1. The van der Waals surface area contributed by atoms with E-state index in [9.17, 15) is 4.39 Å². The minimum Gasteiger partial charge on any atom is -0.316 e. The second-order valence-corrected chi connectivity index (χ2v) is 7.85. The van der Waals surface area contributed by atoms with Crippen LogP contribution in [0.3, 0.4) is 0 Å². The molecule has 2 rings (SSSR count). The highest BCUT2D eigenvalue weighted by Crippen LogP contribution is 2.34. The molecule has 3 unspecified atom stereocenters. The molecule has 0 aromatic heterocycles. The first-order chi connectivity index (χ1) is 9.11. The zero-order chi connectivity index (χ0) is 13.8. The Morgan fingerprint density at radius 1 is 1.37 bits per heavy atom. The maximum absolute atomic E-state index is 13.4. The molecule has 0 bridgehead atoms. The molecule has 0 amide bonds. The first-order valence-electron chi connectivity index (χ1n) is 6.77. The van der Waals surface area contributed by atoms with Crippen LogP contribution in [0.2, 0.25) is 0 Å². The molecule has 1 saturated heterocycles. The maximum atomic E-state index is 13.4. The summed E-state index contributed by atoms with van der Waals surface area (Å²) in [5, 5.41) is 4.70. The van der Waals surface area contributed by atoms with Crippen LogP contribution in [-0.4, -0.2) is 35.1 Å². The topological polar surface area (TPSA) is 12.0 Å². The largest absolute Gasteiger partial charge is 0.316 e. The van der Waals surface area contributed by atoms with Crippen molar-refractivity contribution in [1.82, 2.24) is 5.32 Å². The van der Waals surface area contributed by atoms with Gasteiger partial charge >= 0.3 is 0 Å². The van der Waals surface area contributed by atoms with Gasteiger partial charge in [-0.3, -0.25) is 0 Å². The molecule has 1 aliphatic heterocycles. The second-order valence-electron chi connectivity index (χ2n) is 5.08. The molecular formula is C15H22FNS2. The Morgan fingerprint density at radius 2 is 2.11 bits per heavy atom. The zero-order valence-corrected chi connectivity index (χ0v) is 13.4. The minimum atomic E-state index is -0.130. The molecule has 19 heavy (non-hydrogen) atoms. The lowest BCUT2D eigenvalue weighted by molar-refractivity contribution is 0.527. The van der Waals surface area contributed by atoms with Gasteiger partial charge in [0.25, 0.3) is 0 Å². The Bertz CT molecular complexity index is 425. The Morgan fingerprint density at radius 3 is 2.79 bits per heavy atom. The van der Waals surface area contributed by atoms with E-state index in [4.69, 9.17) is 0 Å². The molecule has 1 fully saturated rings. The summed E-state index contributed by atoms with van der Waals surface area (Å²) in [4.78, 5) is 0.